The number of rotatable bonds is 5. The second-order valence-corrected chi connectivity index (χ2v) is 7.36. The molecule has 1 unspecified atom stereocenters. The molecule has 2 aromatic rings. The summed E-state index contributed by atoms with van der Waals surface area (Å²) >= 11 is 1.44. The number of hydrogen-bond acceptors (Lipinski definition) is 9. The molecule has 0 saturated heterocycles. The van der Waals surface area contributed by atoms with Gasteiger partial charge < -0.3 is 25.2 Å². The van der Waals surface area contributed by atoms with Crippen LogP contribution in [0.2, 0.25) is 0 Å². The number of amidine groups is 1. The average Bonchev–Trinajstić information content (AvgIpc) is 3.21. The Morgan fingerprint density at radius 3 is 2.40 bits per heavy atom. The Morgan fingerprint density at radius 1 is 1.20 bits per heavy atom. The smallest absolute Gasteiger partial charge is 0.269 e. The molecule has 4 rings (SSSR count). The van der Waals surface area contributed by atoms with Gasteiger partial charge in [0.1, 0.15) is 5.82 Å². The minimum Gasteiger partial charge on any atom is -0.502 e. The number of nitro groups is 1. The van der Waals surface area contributed by atoms with E-state index in [-0.39, 0.29) is 22.9 Å². The Hall–Kier alpha value is -3.66. The highest BCUT2D eigenvalue weighted by atomic mass is 32.2. The molecule has 2 aromatic carbocycles. The van der Waals surface area contributed by atoms with Gasteiger partial charge in [-0.05, 0) is 40.8 Å². The fourth-order valence-electron chi connectivity index (χ4n) is 3.47. The van der Waals surface area contributed by atoms with Gasteiger partial charge in [-0.15, -0.1) is 0 Å². The van der Waals surface area contributed by atoms with E-state index in [1.54, 1.807) is 24.3 Å². The van der Waals surface area contributed by atoms with E-state index in [9.17, 15) is 15.2 Å². The number of phenols is 1. The fraction of sp³-hybridized carbons (Fsp3) is 0.150. The zero-order chi connectivity index (χ0) is 21.4. The lowest BCUT2D eigenvalue weighted by Crippen LogP contribution is -2.32. The van der Waals surface area contributed by atoms with Crippen molar-refractivity contribution < 1.29 is 19.5 Å². The molecule has 30 heavy (non-hydrogen) atoms. The SMILES string of the molecule is COc1cc(C2C(c3ccc([N+](=O)[O-])cc3)=C(N)N=C3SC=CN32)cc(OC)c1O. The van der Waals surface area contributed by atoms with Crippen molar-refractivity contribution in [2.75, 3.05) is 14.2 Å². The van der Waals surface area contributed by atoms with Crippen LogP contribution in [-0.4, -0.2) is 34.3 Å². The van der Waals surface area contributed by atoms with Crippen molar-refractivity contribution in [1.82, 2.24) is 4.90 Å². The second-order valence-electron chi connectivity index (χ2n) is 6.48. The Morgan fingerprint density at radius 2 is 1.83 bits per heavy atom. The third kappa shape index (κ3) is 3.20. The van der Waals surface area contributed by atoms with Crippen LogP contribution in [0.5, 0.6) is 17.2 Å². The van der Waals surface area contributed by atoms with Gasteiger partial charge in [0, 0.05) is 23.9 Å². The van der Waals surface area contributed by atoms with Crippen LogP contribution in [0, 0.1) is 10.1 Å². The predicted molar refractivity (Wildman–Crippen MR) is 114 cm³/mol. The van der Waals surface area contributed by atoms with E-state index < -0.39 is 11.0 Å². The van der Waals surface area contributed by atoms with Crippen molar-refractivity contribution in [3.63, 3.8) is 0 Å². The van der Waals surface area contributed by atoms with Gasteiger partial charge >= 0.3 is 0 Å². The molecule has 2 aliphatic rings. The molecule has 0 saturated carbocycles. The summed E-state index contributed by atoms with van der Waals surface area (Å²) in [7, 11) is 2.91. The van der Waals surface area contributed by atoms with E-state index in [2.05, 4.69) is 4.99 Å². The van der Waals surface area contributed by atoms with Gasteiger partial charge in [0.25, 0.3) is 5.69 Å². The lowest BCUT2D eigenvalue weighted by atomic mass is 9.90. The number of nitrogens with zero attached hydrogens (tertiary/aromatic N) is 3. The number of aromatic hydroxyl groups is 1. The summed E-state index contributed by atoms with van der Waals surface area (Å²) in [5.74, 6) is 0.715. The van der Waals surface area contributed by atoms with Crippen molar-refractivity contribution in [3.05, 3.63) is 75.1 Å². The Balaban J connectivity index is 1.90. The van der Waals surface area contributed by atoms with E-state index >= 15 is 0 Å². The van der Waals surface area contributed by atoms with Gasteiger partial charge in [0.05, 0.1) is 25.2 Å². The first-order valence-corrected chi connectivity index (χ1v) is 9.72. The molecule has 0 aromatic heterocycles. The first-order chi connectivity index (χ1) is 14.4. The number of aliphatic imine (C=N–C) groups is 1. The Kier molecular flexibility index (Phi) is 5.00. The minimum atomic E-state index is -0.453. The molecule has 3 N–H and O–H groups in total. The van der Waals surface area contributed by atoms with Crippen molar-refractivity contribution in [1.29, 1.82) is 0 Å². The first-order valence-electron chi connectivity index (χ1n) is 8.84. The summed E-state index contributed by atoms with van der Waals surface area (Å²) in [6.07, 6.45) is 1.89. The standard InChI is InChI=1S/C20H18N4O5S/c1-28-14-9-12(10-15(29-2)18(14)25)17-16(11-3-5-13(6-4-11)24(26)27)19(21)22-20-23(17)7-8-30-20/h3-10,17,25H,21H2,1-2H3. The maximum absolute atomic E-state index is 11.0. The highest BCUT2D eigenvalue weighted by molar-refractivity contribution is 8.16. The van der Waals surface area contributed by atoms with Gasteiger partial charge in [-0.25, -0.2) is 4.99 Å². The minimum absolute atomic E-state index is 0.0148. The Bertz CT molecular complexity index is 1090. The van der Waals surface area contributed by atoms with Crippen molar-refractivity contribution in [2.24, 2.45) is 10.7 Å². The van der Waals surface area contributed by atoms with Crippen LogP contribution < -0.4 is 15.2 Å². The van der Waals surface area contributed by atoms with Gasteiger partial charge in [0.2, 0.25) is 5.75 Å². The van der Waals surface area contributed by atoms with Crippen LogP contribution >= 0.6 is 11.8 Å². The van der Waals surface area contributed by atoms with Gasteiger partial charge in [-0.3, -0.25) is 10.1 Å². The Labute approximate surface area is 176 Å². The van der Waals surface area contributed by atoms with Gasteiger partial charge in [-0.1, -0.05) is 11.8 Å². The van der Waals surface area contributed by atoms with Crippen LogP contribution in [-0.2, 0) is 0 Å². The molecule has 0 radical (unpaired) electrons. The molecule has 2 aliphatic heterocycles. The summed E-state index contributed by atoms with van der Waals surface area (Å²) in [6, 6.07) is 9.16. The number of fused-ring (bicyclic) bond motifs is 1. The third-order valence-corrected chi connectivity index (χ3v) is 5.64. The molecule has 10 heteroatoms. The first kappa shape index (κ1) is 19.6. The number of thioether (sulfide) groups is 1. The van der Waals surface area contributed by atoms with Crippen molar-refractivity contribution in [2.45, 2.75) is 6.04 Å². The van der Waals surface area contributed by atoms with Crippen molar-refractivity contribution in [3.8, 4) is 17.2 Å². The lowest BCUT2D eigenvalue weighted by molar-refractivity contribution is -0.384. The summed E-state index contributed by atoms with van der Waals surface area (Å²) in [5, 5.41) is 23.9. The summed E-state index contributed by atoms with van der Waals surface area (Å²) < 4.78 is 10.6. The molecule has 9 nitrogen and oxygen atoms in total. The summed E-state index contributed by atoms with van der Waals surface area (Å²) in [5.41, 5.74) is 8.45. The molecule has 0 amide bonds. The van der Waals surface area contributed by atoms with E-state index in [0.29, 0.717) is 22.1 Å². The number of nitrogens with two attached hydrogens (primary N) is 1. The molecule has 0 aliphatic carbocycles. The highest BCUT2D eigenvalue weighted by Crippen LogP contribution is 2.47. The van der Waals surface area contributed by atoms with Gasteiger partial charge in [0.15, 0.2) is 16.7 Å². The zero-order valence-corrected chi connectivity index (χ0v) is 16.9. The molecule has 0 bridgehead atoms. The number of nitro benzene ring substituents is 1. The van der Waals surface area contributed by atoms with Crippen LogP contribution in [0.3, 0.4) is 0 Å². The molecule has 0 fully saturated rings. The number of non-ortho nitro benzene ring substituents is 1. The topological polar surface area (TPSA) is 123 Å². The second kappa shape index (κ2) is 7.64. The molecular weight excluding hydrogens is 408 g/mol. The molecule has 154 valence electrons. The number of methoxy groups -OCH3 is 2. The number of phenolic OH excluding ortho intramolecular Hbond substituents is 1. The number of benzene rings is 2. The summed E-state index contributed by atoms with van der Waals surface area (Å²) in [4.78, 5) is 17.0. The van der Waals surface area contributed by atoms with E-state index in [4.69, 9.17) is 15.2 Å². The van der Waals surface area contributed by atoms with E-state index in [0.717, 1.165) is 5.56 Å². The third-order valence-electron chi connectivity index (χ3n) is 4.87. The van der Waals surface area contributed by atoms with Crippen LogP contribution in [0.15, 0.2) is 58.8 Å². The number of ether oxygens (including phenoxy) is 2. The molecule has 2 heterocycles. The quantitative estimate of drug-likeness (QED) is 0.549. The van der Waals surface area contributed by atoms with E-state index in [1.165, 1.54) is 38.1 Å². The van der Waals surface area contributed by atoms with E-state index in [1.807, 2.05) is 16.5 Å². The maximum atomic E-state index is 11.0. The maximum Gasteiger partial charge on any atom is 0.269 e. The zero-order valence-electron chi connectivity index (χ0n) is 16.1. The van der Waals surface area contributed by atoms with Crippen molar-refractivity contribution >= 4 is 28.2 Å². The lowest BCUT2D eigenvalue weighted by Gasteiger charge is -2.34. The molecule has 1 atom stereocenters. The van der Waals surface area contributed by atoms with Gasteiger partial charge in [-0.2, -0.15) is 0 Å². The summed E-state index contributed by atoms with van der Waals surface area (Å²) in [6.45, 7) is 0. The van der Waals surface area contributed by atoms with Crippen LogP contribution in [0.25, 0.3) is 5.57 Å². The van der Waals surface area contributed by atoms with Crippen LogP contribution in [0.4, 0.5) is 5.69 Å². The largest absolute Gasteiger partial charge is 0.502 e. The molecule has 0 spiro atoms. The monoisotopic (exact) mass is 426 g/mol. The average molecular weight is 426 g/mol. The number of hydrogen-bond donors (Lipinski definition) is 2. The molecular formula is C20H18N4O5S. The fourth-order valence-corrected chi connectivity index (χ4v) is 4.22. The predicted octanol–water partition coefficient (Wildman–Crippen LogP) is 3.58. The normalized spacial score (nSPS) is 17.6. The van der Waals surface area contributed by atoms with Crippen LogP contribution in [0.1, 0.15) is 17.2 Å². The highest BCUT2D eigenvalue weighted by Gasteiger charge is 2.35.